The van der Waals surface area contributed by atoms with E-state index < -0.39 is 0 Å². The van der Waals surface area contributed by atoms with E-state index in [4.69, 9.17) is 0 Å². The number of carbonyl (C=O) groups excluding carboxylic acids is 1. The third-order valence-electron chi connectivity index (χ3n) is 4.38. The molecule has 1 atom stereocenters. The number of piperidine rings is 1. The van der Waals surface area contributed by atoms with Crippen LogP contribution in [-0.4, -0.2) is 33.7 Å². The molecule has 0 unspecified atom stereocenters. The van der Waals surface area contributed by atoms with E-state index in [1.54, 1.807) is 12.1 Å². The lowest BCUT2D eigenvalue weighted by atomic mass is 10.0. The molecule has 122 valence electrons. The summed E-state index contributed by atoms with van der Waals surface area (Å²) in [5.74, 6) is -0.240. The van der Waals surface area contributed by atoms with E-state index in [2.05, 4.69) is 11.2 Å². The quantitative estimate of drug-likeness (QED) is 0.873. The molecule has 1 aliphatic heterocycles. The number of nitrogens with zero attached hydrogens (tertiary/aromatic N) is 3. The van der Waals surface area contributed by atoms with E-state index in [-0.39, 0.29) is 24.2 Å². The van der Waals surface area contributed by atoms with Crippen LogP contribution in [0.2, 0.25) is 0 Å². The van der Waals surface area contributed by atoms with E-state index in [1.165, 1.54) is 12.1 Å². The molecule has 2 aromatic rings. The van der Waals surface area contributed by atoms with E-state index in [0.29, 0.717) is 6.54 Å². The van der Waals surface area contributed by atoms with E-state index >= 15 is 0 Å². The first-order valence-electron chi connectivity index (χ1n) is 8.08. The Hall–Kier alpha value is -2.17. The zero-order chi connectivity index (χ0) is 16.4. The summed E-state index contributed by atoms with van der Waals surface area (Å²) < 4.78 is 15.3. The van der Waals surface area contributed by atoms with Gasteiger partial charge in [0.1, 0.15) is 5.82 Å². The summed E-state index contributed by atoms with van der Waals surface area (Å²) in [5, 5.41) is 4.55. The molecule has 0 N–H and O–H groups in total. The molecule has 1 aromatic heterocycles. The molecule has 1 aromatic carbocycles. The van der Waals surface area contributed by atoms with Crippen LogP contribution in [0, 0.1) is 19.7 Å². The topological polar surface area (TPSA) is 38.1 Å². The van der Waals surface area contributed by atoms with Crippen molar-refractivity contribution in [3.63, 3.8) is 0 Å². The van der Waals surface area contributed by atoms with Crippen LogP contribution >= 0.6 is 0 Å². The molecule has 23 heavy (non-hydrogen) atoms. The number of amides is 1. The highest BCUT2D eigenvalue weighted by Gasteiger charge is 2.26. The lowest BCUT2D eigenvalue weighted by Crippen LogP contribution is -2.41. The predicted molar refractivity (Wildman–Crippen MR) is 86.7 cm³/mol. The number of carbonyl (C=O) groups is 1. The Labute approximate surface area is 135 Å². The van der Waals surface area contributed by atoms with Crippen LogP contribution in [0.4, 0.5) is 4.39 Å². The molecule has 3 rings (SSSR count). The number of aromatic nitrogens is 2. The van der Waals surface area contributed by atoms with Gasteiger partial charge in [-0.1, -0.05) is 12.1 Å². The molecule has 0 saturated carbocycles. The molecule has 1 fully saturated rings. The van der Waals surface area contributed by atoms with Crippen molar-refractivity contribution < 1.29 is 9.18 Å². The zero-order valence-corrected chi connectivity index (χ0v) is 13.6. The Morgan fingerprint density at radius 2 is 2.17 bits per heavy atom. The predicted octanol–water partition coefficient (Wildman–Crippen LogP) is 3.05. The van der Waals surface area contributed by atoms with Crippen LogP contribution in [-0.2, 0) is 11.2 Å². The highest BCUT2D eigenvalue weighted by molar-refractivity contribution is 5.78. The zero-order valence-electron chi connectivity index (χ0n) is 13.6. The Bertz CT molecular complexity index is 710. The van der Waals surface area contributed by atoms with Gasteiger partial charge in [0.15, 0.2) is 0 Å². The third kappa shape index (κ3) is 3.60. The van der Waals surface area contributed by atoms with Gasteiger partial charge in [-0.25, -0.2) is 4.39 Å². The van der Waals surface area contributed by atoms with Crippen LogP contribution < -0.4 is 0 Å². The molecule has 4 nitrogen and oxygen atoms in total. The summed E-state index contributed by atoms with van der Waals surface area (Å²) in [6, 6.07) is 8.56. The van der Waals surface area contributed by atoms with E-state index in [9.17, 15) is 9.18 Å². The Balaban J connectivity index is 1.68. The smallest absolute Gasteiger partial charge is 0.227 e. The van der Waals surface area contributed by atoms with E-state index in [1.807, 2.05) is 23.4 Å². The van der Waals surface area contributed by atoms with Gasteiger partial charge in [-0.05, 0) is 50.5 Å². The summed E-state index contributed by atoms with van der Waals surface area (Å²) in [5.41, 5.74) is 2.86. The largest absolute Gasteiger partial charge is 0.340 e. The van der Waals surface area contributed by atoms with Crippen molar-refractivity contribution in [2.75, 3.05) is 13.1 Å². The number of rotatable bonds is 3. The van der Waals surface area contributed by atoms with Crippen LogP contribution in [0.15, 0.2) is 30.3 Å². The average molecular weight is 315 g/mol. The van der Waals surface area contributed by atoms with Gasteiger partial charge in [0.25, 0.3) is 0 Å². The Kier molecular flexibility index (Phi) is 4.46. The summed E-state index contributed by atoms with van der Waals surface area (Å²) >= 11 is 0. The van der Waals surface area contributed by atoms with Crippen LogP contribution in [0.5, 0.6) is 0 Å². The molecule has 1 saturated heterocycles. The summed E-state index contributed by atoms with van der Waals surface area (Å²) in [6.45, 7) is 5.48. The van der Waals surface area contributed by atoms with Gasteiger partial charge in [-0.3, -0.25) is 9.48 Å². The van der Waals surface area contributed by atoms with Crippen molar-refractivity contribution in [1.29, 1.82) is 0 Å². The van der Waals surface area contributed by atoms with Gasteiger partial charge in [-0.15, -0.1) is 0 Å². The maximum atomic E-state index is 13.3. The third-order valence-corrected chi connectivity index (χ3v) is 4.38. The van der Waals surface area contributed by atoms with E-state index in [0.717, 1.165) is 36.3 Å². The van der Waals surface area contributed by atoms with Gasteiger partial charge in [0.2, 0.25) is 5.91 Å². The number of hydrogen-bond donors (Lipinski definition) is 0. The molecular formula is C18H22FN3O. The van der Waals surface area contributed by atoms with Crippen molar-refractivity contribution in [1.82, 2.24) is 14.7 Å². The fourth-order valence-corrected chi connectivity index (χ4v) is 3.33. The standard InChI is InChI=1S/C18H22FN3O/c1-13-9-14(2)22(20-13)17-7-4-8-21(12-17)18(23)11-15-5-3-6-16(19)10-15/h3,5-6,9-10,17H,4,7-8,11-12H2,1-2H3/t17-/m0/s1. The second kappa shape index (κ2) is 6.52. The second-order valence-electron chi connectivity index (χ2n) is 6.31. The molecule has 0 aliphatic carbocycles. The molecule has 0 radical (unpaired) electrons. The molecule has 5 heteroatoms. The average Bonchev–Trinajstić information content (AvgIpc) is 2.86. The number of aryl methyl sites for hydroxylation is 2. The van der Waals surface area contributed by atoms with Crippen molar-refractivity contribution in [2.24, 2.45) is 0 Å². The van der Waals surface area contributed by atoms with Crippen molar-refractivity contribution in [3.8, 4) is 0 Å². The van der Waals surface area contributed by atoms with Crippen molar-refractivity contribution in [2.45, 2.75) is 39.2 Å². The number of halogens is 1. The van der Waals surface area contributed by atoms with Gasteiger partial charge in [0.05, 0.1) is 18.2 Å². The summed E-state index contributed by atoms with van der Waals surface area (Å²) in [7, 11) is 0. The van der Waals surface area contributed by atoms with Crippen molar-refractivity contribution in [3.05, 3.63) is 53.1 Å². The second-order valence-corrected chi connectivity index (χ2v) is 6.31. The molecule has 0 bridgehead atoms. The fourth-order valence-electron chi connectivity index (χ4n) is 3.33. The van der Waals surface area contributed by atoms with Crippen molar-refractivity contribution >= 4 is 5.91 Å². The van der Waals surface area contributed by atoms with Gasteiger partial charge >= 0.3 is 0 Å². The maximum absolute atomic E-state index is 13.3. The SMILES string of the molecule is Cc1cc(C)n([C@H]2CCCN(C(=O)Cc3cccc(F)c3)C2)n1. The highest BCUT2D eigenvalue weighted by atomic mass is 19.1. The minimum atomic E-state index is -0.297. The molecular weight excluding hydrogens is 293 g/mol. The first-order chi connectivity index (χ1) is 11.0. The number of hydrogen-bond acceptors (Lipinski definition) is 2. The minimum absolute atomic E-state index is 0.0573. The Morgan fingerprint density at radius 3 is 2.87 bits per heavy atom. The summed E-state index contributed by atoms with van der Waals surface area (Å²) in [4.78, 5) is 14.4. The molecule has 0 spiro atoms. The minimum Gasteiger partial charge on any atom is -0.340 e. The lowest BCUT2D eigenvalue weighted by molar-refractivity contribution is -0.132. The fraction of sp³-hybridized carbons (Fsp3) is 0.444. The number of benzene rings is 1. The van der Waals surface area contributed by atoms with Crippen LogP contribution in [0.25, 0.3) is 0 Å². The lowest BCUT2D eigenvalue weighted by Gasteiger charge is -2.33. The summed E-state index contributed by atoms with van der Waals surface area (Å²) in [6.07, 6.45) is 2.26. The van der Waals surface area contributed by atoms with Gasteiger partial charge in [0, 0.05) is 18.8 Å². The molecule has 2 heterocycles. The van der Waals surface area contributed by atoms with Crippen LogP contribution in [0.3, 0.4) is 0 Å². The maximum Gasteiger partial charge on any atom is 0.227 e. The van der Waals surface area contributed by atoms with Gasteiger partial charge in [-0.2, -0.15) is 5.10 Å². The normalized spacial score (nSPS) is 18.2. The highest BCUT2D eigenvalue weighted by Crippen LogP contribution is 2.23. The number of likely N-dealkylation sites (tertiary alicyclic amines) is 1. The first kappa shape index (κ1) is 15.7. The monoisotopic (exact) mass is 315 g/mol. The van der Waals surface area contributed by atoms with Crippen LogP contribution in [0.1, 0.15) is 35.8 Å². The first-order valence-corrected chi connectivity index (χ1v) is 8.08. The molecule has 1 amide bonds. The Morgan fingerprint density at radius 1 is 1.35 bits per heavy atom. The molecule has 1 aliphatic rings. The van der Waals surface area contributed by atoms with Gasteiger partial charge < -0.3 is 4.90 Å².